The van der Waals surface area contributed by atoms with E-state index in [-0.39, 0.29) is 40.6 Å². The van der Waals surface area contributed by atoms with Gasteiger partial charge in [0.25, 0.3) is 0 Å². The predicted octanol–water partition coefficient (Wildman–Crippen LogP) is 2.72. The lowest BCUT2D eigenvalue weighted by atomic mass is 10.1. The molecule has 9 heteroatoms. The van der Waals surface area contributed by atoms with Crippen molar-refractivity contribution in [3.63, 3.8) is 0 Å². The highest BCUT2D eigenvalue weighted by Gasteiger charge is 2.28. The van der Waals surface area contributed by atoms with Crippen molar-refractivity contribution in [3.8, 4) is 5.75 Å². The lowest BCUT2D eigenvalue weighted by molar-refractivity contribution is -0.145. The quantitative estimate of drug-likeness (QED) is 0.525. The molecule has 0 amide bonds. The first-order chi connectivity index (χ1) is 13.4. The molecule has 2 rings (SSSR count). The first kappa shape index (κ1) is 21.2. The normalized spacial score (nSPS) is 10.2. The third kappa shape index (κ3) is 5.23. The molecule has 2 N–H and O–H groups in total. The summed E-state index contributed by atoms with van der Waals surface area (Å²) >= 11 is 0.872. The van der Waals surface area contributed by atoms with Crippen LogP contribution in [0.15, 0.2) is 24.3 Å². The second-order valence-electron chi connectivity index (χ2n) is 5.71. The zero-order valence-electron chi connectivity index (χ0n) is 15.8. The van der Waals surface area contributed by atoms with Crippen LogP contribution in [0, 0.1) is 6.92 Å². The van der Waals surface area contributed by atoms with E-state index in [0.717, 1.165) is 16.9 Å². The topological polar surface area (TPSA) is 114 Å². The Morgan fingerprint density at radius 1 is 1.11 bits per heavy atom. The summed E-state index contributed by atoms with van der Waals surface area (Å²) in [6.07, 6.45) is -0.00528. The Balaban J connectivity index is 2.01. The number of methoxy groups -OCH3 is 2. The Bertz CT molecular complexity index is 875. The summed E-state index contributed by atoms with van der Waals surface area (Å²) in [5.74, 6) is -1.30. The van der Waals surface area contributed by atoms with E-state index in [0.29, 0.717) is 5.75 Å². The second-order valence-corrected chi connectivity index (χ2v) is 6.76. The van der Waals surface area contributed by atoms with Gasteiger partial charge in [-0.2, -0.15) is 0 Å². The van der Waals surface area contributed by atoms with Gasteiger partial charge in [0, 0.05) is 5.56 Å². The molecule has 0 aliphatic heterocycles. The summed E-state index contributed by atoms with van der Waals surface area (Å²) in [7, 11) is 2.39. The van der Waals surface area contributed by atoms with Crippen LogP contribution in [0.25, 0.3) is 0 Å². The molecule has 0 saturated carbocycles. The van der Waals surface area contributed by atoms with Gasteiger partial charge in [-0.25, -0.2) is 9.59 Å². The molecule has 8 nitrogen and oxygen atoms in total. The molecule has 150 valence electrons. The fraction of sp³-hybridized carbons (Fsp3) is 0.316. The van der Waals surface area contributed by atoms with Crippen molar-refractivity contribution in [1.82, 2.24) is 0 Å². The van der Waals surface area contributed by atoms with E-state index in [2.05, 4.69) is 4.74 Å². The minimum atomic E-state index is -0.724. The molecule has 1 aromatic carbocycles. The highest BCUT2D eigenvalue weighted by molar-refractivity contribution is 7.18. The molecule has 1 aromatic heterocycles. The number of esters is 3. The molecule has 0 saturated heterocycles. The van der Waals surface area contributed by atoms with Crippen LogP contribution in [-0.2, 0) is 25.6 Å². The molecule has 0 atom stereocenters. The van der Waals surface area contributed by atoms with Crippen molar-refractivity contribution >= 4 is 34.2 Å². The molecular weight excluding hydrogens is 386 g/mol. The van der Waals surface area contributed by atoms with Gasteiger partial charge in [0.05, 0.1) is 27.2 Å². The number of rotatable bonds is 8. The summed E-state index contributed by atoms with van der Waals surface area (Å²) in [5.41, 5.74) is 7.02. The number of ether oxygens (including phenoxy) is 4. The fourth-order valence-electron chi connectivity index (χ4n) is 2.39. The molecule has 0 aliphatic rings. The summed E-state index contributed by atoms with van der Waals surface area (Å²) < 4.78 is 20.1. The largest absolute Gasteiger partial charge is 0.493 e. The Labute approximate surface area is 166 Å². The summed E-state index contributed by atoms with van der Waals surface area (Å²) in [6.45, 7) is 1.75. The van der Waals surface area contributed by atoms with Gasteiger partial charge < -0.3 is 24.7 Å². The van der Waals surface area contributed by atoms with Gasteiger partial charge in [-0.05, 0) is 24.6 Å². The monoisotopic (exact) mass is 407 g/mol. The smallest absolute Gasteiger partial charge is 0.348 e. The number of nitrogen functional groups attached to an aromatic ring is 1. The molecule has 2 aromatic rings. The Morgan fingerprint density at radius 3 is 2.46 bits per heavy atom. The highest BCUT2D eigenvalue weighted by Crippen LogP contribution is 2.33. The van der Waals surface area contributed by atoms with E-state index in [9.17, 15) is 14.4 Å². The fourth-order valence-corrected chi connectivity index (χ4v) is 3.37. The van der Waals surface area contributed by atoms with Crippen molar-refractivity contribution in [2.24, 2.45) is 0 Å². The van der Waals surface area contributed by atoms with Crippen LogP contribution in [0.4, 0.5) is 5.00 Å². The number of anilines is 1. The maximum absolute atomic E-state index is 12.0. The SMILES string of the molecule is COC(=O)c1sc(N)c(C(=O)OC)c1COC(=O)CCOc1cccc(C)c1. The van der Waals surface area contributed by atoms with Crippen molar-refractivity contribution in [2.45, 2.75) is 20.0 Å². The number of benzene rings is 1. The molecule has 28 heavy (non-hydrogen) atoms. The second kappa shape index (κ2) is 9.75. The van der Waals surface area contributed by atoms with Gasteiger partial charge >= 0.3 is 17.9 Å². The number of carbonyl (C=O) groups is 3. The van der Waals surface area contributed by atoms with E-state index in [4.69, 9.17) is 19.9 Å². The lowest BCUT2D eigenvalue weighted by Gasteiger charge is -2.09. The summed E-state index contributed by atoms with van der Waals surface area (Å²) in [4.78, 5) is 36.0. The highest BCUT2D eigenvalue weighted by atomic mass is 32.1. The lowest BCUT2D eigenvalue weighted by Crippen LogP contribution is -2.14. The Hall–Kier alpha value is -3.07. The van der Waals surface area contributed by atoms with Crippen LogP contribution in [0.3, 0.4) is 0 Å². The van der Waals surface area contributed by atoms with Crippen molar-refractivity contribution < 1.29 is 33.3 Å². The summed E-state index contributed by atoms with van der Waals surface area (Å²) in [5, 5.41) is 0.0843. The van der Waals surface area contributed by atoms with E-state index in [1.165, 1.54) is 14.2 Å². The number of hydrogen-bond acceptors (Lipinski definition) is 9. The average Bonchev–Trinajstić information content (AvgIpc) is 3.01. The van der Waals surface area contributed by atoms with Gasteiger partial charge in [-0.15, -0.1) is 11.3 Å². The zero-order chi connectivity index (χ0) is 20.7. The van der Waals surface area contributed by atoms with Crippen molar-refractivity contribution in [1.29, 1.82) is 0 Å². The predicted molar refractivity (Wildman–Crippen MR) is 102 cm³/mol. The van der Waals surface area contributed by atoms with Crippen molar-refractivity contribution in [2.75, 3.05) is 26.6 Å². The number of thiophene rings is 1. The van der Waals surface area contributed by atoms with Crippen LogP contribution in [0.5, 0.6) is 5.75 Å². The van der Waals surface area contributed by atoms with Crippen molar-refractivity contribution in [3.05, 3.63) is 45.8 Å². The molecule has 0 bridgehead atoms. The minimum absolute atomic E-state index is 0.00305. The van der Waals surface area contributed by atoms with Gasteiger partial charge in [0.2, 0.25) is 0 Å². The Kier molecular flexibility index (Phi) is 7.39. The van der Waals surface area contributed by atoms with Gasteiger partial charge in [0.1, 0.15) is 27.8 Å². The van der Waals surface area contributed by atoms with E-state index in [1.807, 2.05) is 25.1 Å². The van der Waals surface area contributed by atoms with E-state index < -0.39 is 17.9 Å². The molecule has 0 aliphatic carbocycles. The van der Waals surface area contributed by atoms with Crippen LogP contribution < -0.4 is 10.5 Å². The Morgan fingerprint density at radius 2 is 1.82 bits per heavy atom. The third-order valence-corrected chi connectivity index (χ3v) is 4.78. The standard InChI is InChI=1S/C19H21NO7S/c1-11-5-4-6-12(9-11)26-8-7-14(21)27-10-13-15(18(22)24-2)17(20)28-16(13)19(23)25-3/h4-6,9H,7-8,10,20H2,1-3H3. The first-order valence-electron chi connectivity index (χ1n) is 8.30. The summed E-state index contributed by atoms with van der Waals surface area (Å²) in [6, 6.07) is 7.43. The van der Waals surface area contributed by atoms with Crippen LogP contribution in [0.1, 0.15) is 37.6 Å². The molecule has 0 fully saturated rings. The molecular formula is C19H21NO7S. The number of carbonyl (C=O) groups excluding carboxylic acids is 3. The van der Waals surface area contributed by atoms with Crippen LogP contribution in [0.2, 0.25) is 0 Å². The zero-order valence-corrected chi connectivity index (χ0v) is 16.6. The maximum atomic E-state index is 12.0. The van der Waals surface area contributed by atoms with Gasteiger partial charge in [-0.3, -0.25) is 4.79 Å². The van der Waals surface area contributed by atoms with Crippen LogP contribution >= 0.6 is 11.3 Å². The van der Waals surface area contributed by atoms with Crippen LogP contribution in [-0.4, -0.2) is 38.7 Å². The molecule has 1 heterocycles. The maximum Gasteiger partial charge on any atom is 0.348 e. The molecule has 0 radical (unpaired) electrons. The molecule has 0 unspecified atom stereocenters. The van der Waals surface area contributed by atoms with Gasteiger partial charge in [-0.1, -0.05) is 12.1 Å². The number of nitrogens with two attached hydrogens (primary N) is 1. The third-order valence-electron chi connectivity index (χ3n) is 3.74. The molecule has 0 spiro atoms. The first-order valence-corrected chi connectivity index (χ1v) is 9.11. The number of aryl methyl sites for hydroxylation is 1. The average molecular weight is 407 g/mol. The van der Waals surface area contributed by atoms with Gasteiger partial charge in [0.15, 0.2) is 0 Å². The minimum Gasteiger partial charge on any atom is -0.493 e. The van der Waals surface area contributed by atoms with E-state index >= 15 is 0 Å². The van der Waals surface area contributed by atoms with E-state index in [1.54, 1.807) is 6.07 Å². The number of hydrogen-bond donors (Lipinski definition) is 1.